The van der Waals surface area contributed by atoms with E-state index in [-0.39, 0.29) is 17.9 Å². The molecule has 1 atom stereocenters. The van der Waals surface area contributed by atoms with Gasteiger partial charge in [-0.05, 0) is 31.0 Å². The van der Waals surface area contributed by atoms with Gasteiger partial charge in [-0.15, -0.1) is 0 Å². The number of nitrogens with two attached hydrogens (primary N) is 1. The molecule has 0 unspecified atom stereocenters. The molecule has 0 aliphatic rings. The monoisotopic (exact) mass is 294 g/mol. The average Bonchev–Trinajstić information content (AvgIpc) is 2.50. The molecule has 0 aliphatic heterocycles. The van der Waals surface area contributed by atoms with Crippen molar-refractivity contribution in [3.63, 3.8) is 0 Å². The van der Waals surface area contributed by atoms with Gasteiger partial charge in [0.2, 0.25) is 0 Å². The van der Waals surface area contributed by atoms with Gasteiger partial charge in [0.1, 0.15) is 6.04 Å². The van der Waals surface area contributed by atoms with Crippen molar-refractivity contribution in [2.24, 2.45) is 5.73 Å². The number of ether oxygens (including phenoxy) is 1. The topological polar surface area (TPSA) is 119 Å². The molecule has 0 aromatic heterocycles. The van der Waals surface area contributed by atoms with Gasteiger partial charge in [0.05, 0.1) is 12.7 Å². The van der Waals surface area contributed by atoms with E-state index in [1.54, 1.807) is 18.2 Å². The van der Waals surface area contributed by atoms with E-state index in [0.717, 1.165) is 0 Å². The summed E-state index contributed by atoms with van der Waals surface area (Å²) in [4.78, 5) is 33.8. The summed E-state index contributed by atoms with van der Waals surface area (Å²) in [7, 11) is 1.26. The molecule has 7 heteroatoms. The maximum absolute atomic E-state index is 11.9. The molecule has 0 bridgehead atoms. The van der Waals surface area contributed by atoms with Crippen LogP contribution in [-0.4, -0.2) is 42.6 Å². The predicted molar refractivity (Wildman–Crippen MR) is 75.0 cm³/mol. The second kappa shape index (κ2) is 8.01. The lowest BCUT2D eigenvalue weighted by atomic mass is 10.1. The van der Waals surface area contributed by atoms with Crippen molar-refractivity contribution in [1.29, 1.82) is 0 Å². The number of hydrogen-bond donors (Lipinski definition) is 3. The molecule has 0 heterocycles. The second-order valence-corrected chi connectivity index (χ2v) is 4.42. The van der Waals surface area contributed by atoms with Crippen molar-refractivity contribution in [1.82, 2.24) is 5.32 Å². The third-order valence-electron chi connectivity index (χ3n) is 2.84. The molecule has 1 aromatic rings. The van der Waals surface area contributed by atoms with Crippen LogP contribution in [0.5, 0.6) is 0 Å². The molecule has 1 rings (SSSR count). The van der Waals surface area contributed by atoms with Crippen molar-refractivity contribution < 1.29 is 24.2 Å². The van der Waals surface area contributed by atoms with E-state index in [9.17, 15) is 14.4 Å². The molecule has 0 spiro atoms. The van der Waals surface area contributed by atoms with Crippen LogP contribution >= 0.6 is 0 Å². The number of hydrogen-bond acceptors (Lipinski definition) is 5. The Labute approximate surface area is 122 Å². The summed E-state index contributed by atoms with van der Waals surface area (Å²) in [5.41, 5.74) is 5.97. The minimum atomic E-state index is -1.06. The standard InChI is InChI=1S/C14H18N2O5/c1-21-14(20)10-5-2-4-9(8-10)12(17)16-7-3-6-11(15)13(18)19/h2,4-5,8,11H,3,6-7,15H2,1H3,(H,16,17)(H,18,19)/t11-/m0/s1. The average molecular weight is 294 g/mol. The van der Waals surface area contributed by atoms with Gasteiger partial charge >= 0.3 is 11.9 Å². The summed E-state index contributed by atoms with van der Waals surface area (Å²) in [5.74, 6) is -1.92. The highest BCUT2D eigenvalue weighted by Crippen LogP contribution is 2.06. The van der Waals surface area contributed by atoms with Crippen molar-refractivity contribution in [2.75, 3.05) is 13.7 Å². The van der Waals surface area contributed by atoms with E-state index >= 15 is 0 Å². The van der Waals surface area contributed by atoms with E-state index in [0.29, 0.717) is 18.5 Å². The largest absolute Gasteiger partial charge is 0.480 e. The van der Waals surface area contributed by atoms with Crippen LogP contribution in [0.25, 0.3) is 0 Å². The van der Waals surface area contributed by atoms with Crippen LogP contribution in [-0.2, 0) is 9.53 Å². The third kappa shape index (κ3) is 5.23. The molecule has 1 amide bonds. The van der Waals surface area contributed by atoms with E-state index < -0.39 is 18.0 Å². The highest BCUT2D eigenvalue weighted by atomic mass is 16.5. The van der Waals surface area contributed by atoms with E-state index in [2.05, 4.69) is 10.1 Å². The number of nitrogens with one attached hydrogen (secondary N) is 1. The normalized spacial score (nSPS) is 11.5. The highest BCUT2D eigenvalue weighted by molar-refractivity contribution is 5.97. The predicted octanol–water partition coefficient (Wildman–Crippen LogP) is 0.395. The third-order valence-corrected chi connectivity index (χ3v) is 2.84. The summed E-state index contributed by atoms with van der Waals surface area (Å²) in [6.45, 7) is 0.308. The molecule has 0 radical (unpaired) electrons. The zero-order valence-electron chi connectivity index (χ0n) is 11.7. The number of benzene rings is 1. The number of aliphatic carboxylic acids is 1. The van der Waals surface area contributed by atoms with Gasteiger partial charge < -0.3 is 20.9 Å². The Morgan fingerprint density at radius 2 is 2.00 bits per heavy atom. The summed E-state index contributed by atoms with van der Waals surface area (Å²) in [5, 5.41) is 11.3. The summed E-state index contributed by atoms with van der Waals surface area (Å²) in [6, 6.07) is 5.22. The fourth-order valence-electron chi connectivity index (χ4n) is 1.65. The fourth-order valence-corrected chi connectivity index (χ4v) is 1.65. The molecular formula is C14H18N2O5. The Morgan fingerprint density at radius 1 is 1.33 bits per heavy atom. The maximum Gasteiger partial charge on any atom is 0.337 e. The lowest BCUT2D eigenvalue weighted by Crippen LogP contribution is -2.32. The van der Waals surface area contributed by atoms with Crippen LogP contribution in [0.1, 0.15) is 33.6 Å². The van der Waals surface area contributed by atoms with Crippen LogP contribution in [0.3, 0.4) is 0 Å². The van der Waals surface area contributed by atoms with Gasteiger partial charge in [-0.2, -0.15) is 0 Å². The van der Waals surface area contributed by atoms with Gasteiger partial charge in [-0.25, -0.2) is 4.79 Å². The molecule has 4 N–H and O–H groups in total. The van der Waals surface area contributed by atoms with Crippen molar-refractivity contribution in [2.45, 2.75) is 18.9 Å². The molecule has 0 saturated heterocycles. The first-order chi connectivity index (χ1) is 9.95. The van der Waals surface area contributed by atoms with E-state index in [1.807, 2.05) is 0 Å². The summed E-state index contributed by atoms with van der Waals surface area (Å²) < 4.78 is 4.58. The molecule has 0 saturated carbocycles. The van der Waals surface area contributed by atoms with Crippen LogP contribution in [0.15, 0.2) is 24.3 Å². The molecule has 0 aliphatic carbocycles. The smallest absolute Gasteiger partial charge is 0.337 e. The van der Waals surface area contributed by atoms with Crippen LogP contribution in [0, 0.1) is 0 Å². The van der Waals surface area contributed by atoms with Gasteiger partial charge in [0, 0.05) is 12.1 Å². The highest BCUT2D eigenvalue weighted by Gasteiger charge is 2.12. The Hall–Kier alpha value is -2.41. The first-order valence-electron chi connectivity index (χ1n) is 6.40. The molecule has 0 fully saturated rings. The minimum absolute atomic E-state index is 0.276. The van der Waals surface area contributed by atoms with Crippen LogP contribution < -0.4 is 11.1 Å². The maximum atomic E-state index is 11.9. The van der Waals surface area contributed by atoms with Crippen LogP contribution in [0.2, 0.25) is 0 Å². The molecule has 7 nitrogen and oxygen atoms in total. The Bertz CT molecular complexity index is 530. The van der Waals surface area contributed by atoms with Crippen molar-refractivity contribution in [3.05, 3.63) is 35.4 Å². The molecule has 1 aromatic carbocycles. The number of esters is 1. The number of carboxylic acid groups (broad SMARTS) is 1. The van der Waals surface area contributed by atoms with Crippen molar-refractivity contribution in [3.8, 4) is 0 Å². The number of amides is 1. The summed E-state index contributed by atoms with van der Waals surface area (Å²) in [6.07, 6.45) is 0.730. The summed E-state index contributed by atoms with van der Waals surface area (Å²) >= 11 is 0. The van der Waals surface area contributed by atoms with Gasteiger partial charge in [-0.3, -0.25) is 9.59 Å². The minimum Gasteiger partial charge on any atom is -0.480 e. The number of carbonyl (C=O) groups is 3. The lowest BCUT2D eigenvalue weighted by Gasteiger charge is -2.08. The molecule has 114 valence electrons. The van der Waals surface area contributed by atoms with Gasteiger partial charge in [-0.1, -0.05) is 6.07 Å². The first kappa shape index (κ1) is 16.6. The Balaban J connectivity index is 2.49. The SMILES string of the molecule is COC(=O)c1cccc(C(=O)NCCC[C@H](N)C(=O)O)c1. The zero-order chi connectivity index (χ0) is 15.8. The van der Waals surface area contributed by atoms with E-state index in [4.69, 9.17) is 10.8 Å². The quantitative estimate of drug-likeness (QED) is 0.494. The van der Waals surface area contributed by atoms with Gasteiger partial charge in [0.15, 0.2) is 0 Å². The van der Waals surface area contributed by atoms with Crippen LogP contribution in [0.4, 0.5) is 0 Å². The second-order valence-electron chi connectivity index (χ2n) is 4.42. The Morgan fingerprint density at radius 3 is 2.62 bits per heavy atom. The Kier molecular flexibility index (Phi) is 6.35. The van der Waals surface area contributed by atoms with Crippen molar-refractivity contribution >= 4 is 17.8 Å². The van der Waals surface area contributed by atoms with E-state index in [1.165, 1.54) is 13.2 Å². The number of rotatable bonds is 7. The number of methoxy groups -OCH3 is 1. The first-order valence-corrected chi connectivity index (χ1v) is 6.40. The number of carboxylic acids is 1. The zero-order valence-corrected chi connectivity index (χ0v) is 11.7. The number of carbonyl (C=O) groups excluding carboxylic acids is 2. The van der Waals surface area contributed by atoms with Gasteiger partial charge in [0.25, 0.3) is 5.91 Å². The fraction of sp³-hybridized carbons (Fsp3) is 0.357. The lowest BCUT2D eigenvalue weighted by molar-refractivity contribution is -0.138. The molecule has 21 heavy (non-hydrogen) atoms. The molecular weight excluding hydrogens is 276 g/mol.